The van der Waals surface area contributed by atoms with E-state index in [1.54, 1.807) is 0 Å². The van der Waals surface area contributed by atoms with Gasteiger partial charge in [-0.3, -0.25) is 0 Å². The summed E-state index contributed by atoms with van der Waals surface area (Å²) in [5.41, 5.74) is 0.866. The van der Waals surface area contributed by atoms with Crippen molar-refractivity contribution in [1.82, 2.24) is 10.5 Å². The molecule has 1 saturated heterocycles. The predicted octanol–water partition coefficient (Wildman–Crippen LogP) is -0.168. The molecule has 2 atom stereocenters. The number of nitrogens with zero attached hydrogens (tertiary/aromatic N) is 1. The van der Waals surface area contributed by atoms with E-state index in [4.69, 9.17) is 9.26 Å². The highest BCUT2D eigenvalue weighted by Gasteiger charge is 2.25. The van der Waals surface area contributed by atoms with E-state index in [2.05, 4.69) is 10.5 Å². The lowest BCUT2D eigenvalue weighted by molar-refractivity contribution is 0.122. The van der Waals surface area contributed by atoms with Crippen LogP contribution in [0.5, 0.6) is 0 Å². The van der Waals surface area contributed by atoms with Gasteiger partial charge in [-0.25, -0.2) is 0 Å². The van der Waals surface area contributed by atoms with Crippen LogP contribution in [0.15, 0.2) is 10.6 Å². The molecule has 5 nitrogen and oxygen atoms in total. The Balaban J connectivity index is 1.82. The molecule has 2 rings (SSSR count). The van der Waals surface area contributed by atoms with Gasteiger partial charge < -0.3 is 19.7 Å². The topological polar surface area (TPSA) is 67.5 Å². The van der Waals surface area contributed by atoms with Crippen molar-refractivity contribution in [2.75, 3.05) is 13.2 Å². The fourth-order valence-electron chi connectivity index (χ4n) is 1.47. The van der Waals surface area contributed by atoms with Crippen LogP contribution >= 0.6 is 0 Å². The predicted molar refractivity (Wildman–Crippen MR) is 48.7 cm³/mol. The van der Waals surface area contributed by atoms with E-state index in [1.807, 2.05) is 13.0 Å². The molecular weight excluding hydrogens is 184 g/mol. The number of ether oxygens (including phenoxy) is 1. The number of nitrogens with one attached hydrogen (secondary N) is 1. The molecule has 2 N–H and O–H groups in total. The molecule has 0 aromatic carbocycles. The highest BCUT2D eigenvalue weighted by Crippen LogP contribution is 2.07. The Bertz CT molecular complexity index is 300. The molecule has 1 aromatic heterocycles. The third-order valence-corrected chi connectivity index (χ3v) is 2.27. The van der Waals surface area contributed by atoms with Crippen molar-refractivity contribution in [3.8, 4) is 0 Å². The minimum absolute atomic E-state index is 0.000376. The maximum atomic E-state index is 9.44. The van der Waals surface area contributed by atoms with E-state index in [0.717, 1.165) is 11.5 Å². The van der Waals surface area contributed by atoms with Crippen LogP contribution in [-0.2, 0) is 11.3 Å². The fourth-order valence-corrected chi connectivity index (χ4v) is 1.47. The SMILES string of the molecule is Cc1cc(CN[C@@H]2COC[C@H]2O)on1. The van der Waals surface area contributed by atoms with Crippen LogP contribution in [0.2, 0.25) is 0 Å². The average Bonchev–Trinajstić information content (AvgIpc) is 2.72. The summed E-state index contributed by atoms with van der Waals surface area (Å²) >= 11 is 0. The Morgan fingerprint density at radius 2 is 2.50 bits per heavy atom. The van der Waals surface area contributed by atoms with Crippen LogP contribution in [0.4, 0.5) is 0 Å². The summed E-state index contributed by atoms with van der Waals surface area (Å²) in [7, 11) is 0. The number of aromatic nitrogens is 1. The van der Waals surface area contributed by atoms with E-state index in [1.165, 1.54) is 0 Å². The zero-order chi connectivity index (χ0) is 9.97. The quantitative estimate of drug-likeness (QED) is 0.706. The third kappa shape index (κ3) is 2.12. The van der Waals surface area contributed by atoms with E-state index in [-0.39, 0.29) is 6.04 Å². The van der Waals surface area contributed by atoms with Gasteiger partial charge in [-0.15, -0.1) is 0 Å². The zero-order valence-corrected chi connectivity index (χ0v) is 8.06. The van der Waals surface area contributed by atoms with Gasteiger partial charge in [-0.2, -0.15) is 0 Å². The first-order valence-corrected chi connectivity index (χ1v) is 4.67. The minimum Gasteiger partial charge on any atom is -0.389 e. The molecule has 0 radical (unpaired) electrons. The fraction of sp³-hybridized carbons (Fsp3) is 0.667. The normalized spacial score (nSPS) is 27.0. The number of aryl methyl sites for hydroxylation is 1. The molecular formula is C9H14N2O3. The van der Waals surface area contributed by atoms with E-state index in [0.29, 0.717) is 19.8 Å². The summed E-state index contributed by atoms with van der Waals surface area (Å²) in [5, 5.41) is 16.4. The van der Waals surface area contributed by atoms with Crippen LogP contribution in [0.25, 0.3) is 0 Å². The molecule has 0 bridgehead atoms. The Morgan fingerprint density at radius 3 is 3.07 bits per heavy atom. The monoisotopic (exact) mass is 198 g/mol. The lowest BCUT2D eigenvalue weighted by Gasteiger charge is -2.12. The summed E-state index contributed by atoms with van der Waals surface area (Å²) in [6.45, 7) is 3.41. The molecule has 1 fully saturated rings. The molecule has 0 amide bonds. The van der Waals surface area contributed by atoms with Gasteiger partial charge in [0.05, 0.1) is 37.6 Å². The number of hydrogen-bond donors (Lipinski definition) is 2. The summed E-state index contributed by atoms with van der Waals surface area (Å²) < 4.78 is 10.1. The molecule has 1 aliphatic heterocycles. The number of aliphatic hydroxyl groups excluding tert-OH is 1. The van der Waals surface area contributed by atoms with Crippen LogP contribution in [0, 0.1) is 6.92 Å². The standard InChI is InChI=1S/C9H14N2O3/c1-6-2-7(14-11-6)3-10-8-4-13-5-9(8)12/h2,8-10,12H,3-5H2,1H3/t8-,9-/m1/s1. The minimum atomic E-state index is -0.418. The first-order valence-electron chi connectivity index (χ1n) is 4.67. The van der Waals surface area contributed by atoms with Crippen LogP contribution < -0.4 is 5.32 Å². The van der Waals surface area contributed by atoms with Gasteiger partial charge >= 0.3 is 0 Å². The van der Waals surface area contributed by atoms with E-state index in [9.17, 15) is 5.11 Å². The Hall–Kier alpha value is -0.910. The molecule has 1 aromatic rings. The molecule has 14 heavy (non-hydrogen) atoms. The Kier molecular flexibility index (Phi) is 2.81. The van der Waals surface area contributed by atoms with E-state index < -0.39 is 6.10 Å². The number of aliphatic hydroxyl groups is 1. The largest absolute Gasteiger partial charge is 0.389 e. The van der Waals surface area contributed by atoms with Crippen molar-refractivity contribution in [1.29, 1.82) is 0 Å². The van der Waals surface area contributed by atoms with Gasteiger partial charge in [-0.1, -0.05) is 5.16 Å². The van der Waals surface area contributed by atoms with E-state index >= 15 is 0 Å². The van der Waals surface area contributed by atoms with Crippen molar-refractivity contribution in [3.05, 3.63) is 17.5 Å². The highest BCUT2D eigenvalue weighted by atomic mass is 16.5. The second kappa shape index (κ2) is 4.08. The van der Waals surface area contributed by atoms with Gasteiger partial charge in [-0.05, 0) is 6.92 Å². The number of hydrogen-bond acceptors (Lipinski definition) is 5. The highest BCUT2D eigenvalue weighted by molar-refractivity contribution is 5.03. The maximum absolute atomic E-state index is 9.44. The second-order valence-corrected chi connectivity index (χ2v) is 3.53. The second-order valence-electron chi connectivity index (χ2n) is 3.53. The summed E-state index contributed by atoms with van der Waals surface area (Å²) in [6.07, 6.45) is -0.418. The van der Waals surface area contributed by atoms with Gasteiger partial charge in [0.25, 0.3) is 0 Å². The maximum Gasteiger partial charge on any atom is 0.150 e. The first-order chi connectivity index (χ1) is 6.75. The Morgan fingerprint density at radius 1 is 1.64 bits per heavy atom. The van der Waals surface area contributed by atoms with Crippen LogP contribution in [-0.4, -0.2) is 35.6 Å². The summed E-state index contributed by atoms with van der Waals surface area (Å²) in [6, 6.07) is 1.87. The molecule has 78 valence electrons. The van der Waals surface area contributed by atoms with Gasteiger partial charge in [0, 0.05) is 6.07 Å². The molecule has 0 saturated carbocycles. The van der Waals surface area contributed by atoms with Gasteiger partial charge in [0.15, 0.2) is 5.76 Å². The number of rotatable bonds is 3. The Labute approximate surface area is 82.0 Å². The third-order valence-electron chi connectivity index (χ3n) is 2.27. The van der Waals surface area contributed by atoms with Crippen molar-refractivity contribution in [2.24, 2.45) is 0 Å². The molecule has 1 aliphatic rings. The van der Waals surface area contributed by atoms with Crippen molar-refractivity contribution >= 4 is 0 Å². The van der Waals surface area contributed by atoms with Gasteiger partial charge in [0.2, 0.25) is 0 Å². The van der Waals surface area contributed by atoms with Gasteiger partial charge in [0.1, 0.15) is 0 Å². The van der Waals surface area contributed by atoms with Crippen molar-refractivity contribution in [2.45, 2.75) is 25.6 Å². The summed E-state index contributed by atoms with van der Waals surface area (Å²) in [4.78, 5) is 0. The molecule has 5 heteroatoms. The molecule has 2 heterocycles. The zero-order valence-electron chi connectivity index (χ0n) is 8.06. The first kappa shape index (κ1) is 9.64. The molecule has 0 aliphatic carbocycles. The summed E-state index contributed by atoms with van der Waals surface area (Å²) in [5.74, 6) is 0.779. The smallest absolute Gasteiger partial charge is 0.150 e. The van der Waals surface area contributed by atoms with Crippen LogP contribution in [0.3, 0.4) is 0 Å². The lowest BCUT2D eigenvalue weighted by atomic mass is 10.2. The molecule has 0 unspecified atom stereocenters. The average molecular weight is 198 g/mol. The van der Waals surface area contributed by atoms with Crippen molar-refractivity contribution in [3.63, 3.8) is 0 Å². The molecule has 0 spiro atoms. The van der Waals surface area contributed by atoms with Crippen LogP contribution in [0.1, 0.15) is 11.5 Å². The van der Waals surface area contributed by atoms with Crippen molar-refractivity contribution < 1.29 is 14.4 Å². The lowest BCUT2D eigenvalue weighted by Crippen LogP contribution is -2.38.